The average molecular weight is 320 g/mol. The molecule has 23 heavy (non-hydrogen) atoms. The largest absolute Gasteiger partial charge is 0.619 e. The molecule has 0 aliphatic heterocycles. The first-order valence-corrected chi connectivity index (χ1v) is 6.49. The first-order chi connectivity index (χ1) is 10.9. The van der Waals surface area contributed by atoms with E-state index in [-0.39, 0.29) is 17.7 Å². The fourth-order valence-corrected chi connectivity index (χ4v) is 1.74. The number of carbonyl (C=O) groups excluding carboxylic acids is 1. The van der Waals surface area contributed by atoms with Gasteiger partial charge in [0.05, 0.1) is 12.1 Å². The lowest BCUT2D eigenvalue weighted by molar-refractivity contribution is -0.605. The normalized spacial score (nSPS) is 10.6. The van der Waals surface area contributed by atoms with E-state index < -0.39 is 17.6 Å². The van der Waals surface area contributed by atoms with Crippen LogP contribution < -0.4 is 10.0 Å². The van der Waals surface area contributed by atoms with E-state index in [4.69, 9.17) is 0 Å². The van der Waals surface area contributed by atoms with Gasteiger partial charge in [-0.25, -0.2) is 0 Å². The van der Waals surface area contributed by atoms with Crippen LogP contribution in [0.5, 0.6) is 0 Å². The topological polar surface area (TPSA) is 56.0 Å². The molecule has 0 saturated carbocycles. The highest BCUT2D eigenvalue weighted by atomic mass is 19.4. The molecule has 0 aliphatic rings. The van der Waals surface area contributed by atoms with Crippen LogP contribution in [0.2, 0.25) is 0 Å². The SMILES string of the molecule is O=C(NCC#Cc1cccc(C(F)(F)F)c1)c1ccc[n+]([O-])c1. The van der Waals surface area contributed by atoms with Crippen molar-refractivity contribution in [3.05, 3.63) is 70.7 Å². The van der Waals surface area contributed by atoms with Gasteiger partial charge in [-0.3, -0.25) is 4.79 Å². The van der Waals surface area contributed by atoms with Gasteiger partial charge in [-0.2, -0.15) is 17.9 Å². The van der Waals surface area contributed by atoms with E-state index >= 15 is 0 Å². The Labute approximate surface area is 130 Å². The van der Waals surface area contributed by atoms with Gasteiger partial charge in [0, 0.05) is 11.6 Å². The van der Waals surface area contributed by atoms with Crippen molar-refractivity contribution in [3.8, 4) is 11.8 Å². The summed E-state index contributed by atoms with van der Waals surface area (Å²) in [6.45, 7) is -0.0527. The maximum atomic E-state index is 12.5. The first kappa shape index (κ1) is 16.4. The number of nitrogens with one attached hydrogen (secondary N) is 1. The summed E-state index contributed by atoms with van der Waals surface area (Å²) in [5.74, 6) is 4.61. The Morgan fingerprint density at radius 2 is 2.04 bits per heavy atom. The van der Waals surface area contributed by atoms with Crippen LogP contribution in [0.25, 0.3) is 0 Å². The lowest BCUT2D eigenvalue weighted by Crippen LogP contribution is -2.30. The van der Waals surface area contributed by atoms with Crippen LogP contribution in [-0.2, 0) is 6.18 Å². The first-order valence-electron chi connectivity index (χ1n) is 6.49. The highest BCUT2D eigenvalue weighted by Gasteiger charge is 2.30. The molecule has 118 valence electrons. The summed E-state index contributed by atoms with van der Waals surface area (Å²) in [5, 5.41) is 13.5. The number of rotatable bonds is 2. The molecule has 2 rings (SSSR count). The van der Waals surface area contributed by atoms with Crippen LogP contribution in [0.15, 0.2) is 48.8 Å². The molecule has 0 unspecified atom stereocenters. The van der Waals surface area contributed by atoms with Crippen molar-refractivity contribution >= 4 is 5.91 Å². The number of carbonyl (C=O) groups is 1. The molecule has 2 aromatic rings. The van der Waals surface area contributed by atoms with Crippen molar-refractivity contribution in [2.24, 2.45) is 0 Å². The van der Waals surface area contributed by atoms with Gasteiger partial charge in [-0.15, -0.1) is 0 Å². The van der Waals surface area contributed by atoms with Crippen LogP contribution in [0.4, 0.5) is 13.2 Å². The molecular weight excluding hydrogens is 309 g/mol. The fourth-order valence-electron chi connectivity index (χ4n) is 1.74. The van der Waals surface area contributed by atoms with Gasteiger partial charge in [-0.1, -0.05) is 17.9 Å². The van der Waals surface area contributed by atoms with E-state index in [9.17, 15) is 23.2 Å². The summed E-state index contributed by atoms with van der Waals surface area (Å²) >= 11 is 0. The smallest absolute Gasteiger partial charge is 0.416 e. The van der Waals surface area contributed by atoms with Gasteiger partial charge in [0.25, 0.3) is 5.91 Å². The molecule has 0 aliphatic carbocycles. The Balaban J connectivity index is 1.97. The minimum atomic E-state index is -4.42. The Hall–Kier alpha value is -3.01. The Bertz CT molecular complexity index is 777. The molecule has 1 amide bonds. The van der Waals surface area contributed by atoms with Crippen molar-refractivity contribution in [1.29, 1.82) is 0 Å². The van der Waals surface area contributed by atoms with Crippen LogP contribution >= 0.6 is 0 Å². The fraction of sp³-hybridized carbons (Fsp3) is 0.125. The molecule has 4 nitrogen and oxygen atoms in total. The maximum absolute atomic E-state index is 12.5. The van der Waals surface area contributed by atoms with Crippen LogP contribution in [0.1, 0.15) is 21.5 Å². The highest BCUT2D eigenvalue weighted by Crippen LogP contribution is 2.29. The van der Waals surface area contributed by atoms with Crippen molar-refractivity contribution < 1.29 is 22.7 Å². The molecule has 0 spiro atoms. The van der Waals surface area contributed by atoms with Crippen molar-refractivity contribution in [3.63, 3.8) is 0 Å². The zero-order valence-corrected chi connectivity index (χ0v) is 11.7. The molecule has 0 radical (unpaired) electrons. The number of benzene rings is 1. The number of hydrogen-bond donors (Lipinski definition) is 1. The molecule has 1 N–H and O–H groups in total. The van der Waals surface area contributed by atoms with Gasteiger partial charge >= 0.3 is 6.18 Å². The number of aromatic nitrogens is 1. The quantitative estimate of drug-likeness (QED) is 0.523. The van der Waals surface area contributed by atoms with Crippen molar-refractivity contribution in [1.82, 2.24) is 5.32 Å². The summed E-state index contributed by atoms with van der Waals surface area (Å²) in [6.07, 6.45) is -2.08. The van der Waals surface area contributed by atoms with Gasteiger partial charge < -0.3 is 10.5 Å². The van der Waals surface area contributed by atoms with E-state index in [2.05, 4.69) is 17.2 Å². The molecule has 0 fully saturated rings. The summed E-state index contributed by atoms with van der Waals surface area (Å²) in [5.41, 5.74) is -0.410. The number of halogens is 3. The van der Waals surface area contributed by atoms with Crippen LogP contribution in [0, 0.1) is 17.0 Å². The van der Waals surface area contributed by atoms with E-state index in [1.807, 2.05) is 0 Å². The molecule has 0 saturated heterocycles. The second-order valence-corrected chi connectivity index (χ2v) is 4.52. The monoisotopic (exact) mass is 320 g/mol. The molecule has 1 aromatic heterocycles. The third-order valence-corrected chi connectivity index (χ3v) is 2.80. The molecule has 1 aromatic carbocycles. The second kappa shape index (κ2) is 6.83. The number of amides is 1. The number of nitrogens with zero attached hydrogens (tertiary/aromatic N) is 1. The minimum absolute atomic E-state index is 0.0527. The van der Waals surface area contributed by atoms with Gasteiger partial charge in [0.1, 0.15) is 5.56 Å². The zero-order chi connectivity index (χ0) is 16.9. The molecule has 0 bridgehead atoms. The lowest BCUT2D eigenvalue weighted by Gasteiger charge is -2.05. The Morgan fingerprint density at radius 3 is 2.74 bits per heavy atom. The predicted octanol–water partition coefficient (Wildman–Crippen LogP) is 2.12. The average Bonchev–Trinajstić information content (AvgIpc) is 2.51. The molecule has 7 heteroatoms. The molecule has 0 atom stereocenters. The second-order valence-electron chi connectivity index (χ2n) is 4.52. The standard InChI is InChI=1S/C16H11F3N2O2/c17-16(18,19)14-7-1-4-12(10-14)5-2-8-20-15(22)13-6-3-9-21(23)11-13/h1,3-4,6-7,9-11H,8H2,(H,20,22). The zero-order valence-electron chi connectivity index (χ0n) is 11.7. The third kappa shape index (κ3) is 4.74. The van der Waals surface area contributed by atoms with E-state index in [1.54, 1.807) is 0 Å². The minimum Gasteiger partial charge on any atom is -0.619 e. The Morgan fingerprint density at radius 1 is 1.26 bits per heavy atom. The lowest BCUT2D eigenvalue weighted by atomic mass is 10.1. The van der Waals surface area contributed by atoms with Crippen molar-refractivity contribution in [2.45, 2.75) is 6.18 Å². The highest BCUT2D eigenvalue weighted by molar-refractivity contribution is 5.93. The summed E-state index contributed by atoms with van der Waals surface area (Å²) < 4.78 is 38.1. The number of alkyl halides is 3. The van der Waals surface area contributed by atoms with E-state index in [0.29, 0.717) is 4.73 Å². The predicted molar refractivity (Wildman–Crippen MR) is 76.1 cm³/mol. The van der Waals surface area contributed by atoms with E-state index in [1.165, 1.54) is 30.5 Å². The maximum Gasteiger partial charge on any atom is 0.416 e. The van der Waals surface area contributed by atoms with Gasteiger partial charge in [-0.05, 0) is 24.3 Å². The number of hydrogen-bond acceptors (Lipinski definition) is 2. The summed E-state index contributed by atoms with van der Waals surface area (Å²) in [7, 11) is 0. The van der Waals surface area contributed by atoms with Crippen LogP contribution in [0.3, 0.4) is 0 Å². The van der Waals surface area contributed by atoms with Gasteiger partial charge in [0.15, 0.2) is 12.4 Å². The van der Waals surface area contributed by atoms with E-state index in [0.717, 1.165) is 18.3 Å². The summed E-state index contributed by atoms with van der Waals surface area (Å²) in [6, 6.07) is 7.50. The number of pyridine rings is 1. The third-order valence-electron chi connectivity index (χ3n) is 2.80. The van der Waals surface area contributed by atoms with Gasteiger partial charge in [0.2, 0.25) is 0 Å². The Kier molecular flexibility index (Phi) is 4.86. The molecular formula is C16H11F3N2O2. The van der Waals surface area contributed by atoms with Crippen LogP contribution in [-0.4, -0.2) is 12.5 Å². The van der Waals surface area contributed by atoms with Crippen molar-refractivity contribution in [2.75, 3.05) is 6.54 Å². The molecule has 1 heterocycles. The summed E-state index contributed by atoms with van der Waals surface area (Å²) in [4.78, 5) is 11.7.